The largest absolute Gasteiger partial charge is 0.416 e. The Hall–Kier alpha value is -3.39. The van der Waals surface area contributed by atoms with Gasteiger partial charge in [-0.3, -0.25) is 23.7 Å². The number of benzene rings is 3. The average molecular weight is 709 g/mol. The number of hydrogen-bond donors (Lipinski definition) is 1. The summed E-state index contributed by atoms with van der Waals surface area (Å²) in [6.45, 7) is -0.499. The summed E-state index contributed by atoms with van der Waals surface area (Å²) in [5.74, 6) is -3.09. The van der Waals surface area contributed by atoms with Gasteiger partial charge in [0.05, 0.1) is 22.2 Å². The van der Waals surface area contributed by atoms with Gasteiger partial charge < -0.3 is 5.32 Å². The van der Waals surface area contributed by atoms with E-state index in [9.17, 15) is 32.3 Å². The van der Waals surface area contributed by atoms with E-state index in [0.29, 0.717) is 26.2 Å². The molecule has 3 aromatic carbocycles. The first-order valence-electron chi connectivity index (χ1n) is 12.7. The van der Waals surface area contributed by atoms with Crippen molar-refractivity contribution in [1.82, 2.24) is 4.57 Å². The van der Waals surface area contributed by atoms with Crippen LogP contribution < -0.4 is 15.1 Å². The van der Waals surface area contributed by atoms with Crippen molar-refractivity contribution in [2.45, 2.75) is 28.9 Å². The zero-order valence-electron chi connectivity index (χ0n) is 21.6. The molecule has 1 aromatic heterocycles. The van der Waals surface area contributed by atoms with Gasteiger partial charge >= 0.3 is 11.0 Å². The monoisotopic (exact) mass is 707 g/mol. The summed E-state index contributed by atoms with van der Waals surface area (Å²) in [6.07, 6.45) is -4.59. The number of aromatic nitrogens is 1. The van der Waals surface area contributed by atoms with E-state index in [4.69, 9.17) is 11.6 Å². The number of rotatable bonds is 5. The molecule has 0 spiro atoms. The summed E-state index contributed by atoms with van der Waals surface area (Å²) in [4.78, 5) is 55.0. The van der Waals surface area contributed by atoms with Gasteiger partial charge in [0.1, 0.15) is 11.8 Å². The molecule has 0 aliphatic carbocycles. The van der Waals surface area contributed by atoms with Crippen LogP contribution >= 0.6 is 50.6 Å². The van der Waals surface area contributed by atoms with Crippen LogP contribution in [0.2, 0.25) is 5.02 Å². The van der Waals surface area contributed by atoms with E-state index < -0.39 is 58.0 Å². The Morgan fingerprint density at radius 2 is 1.67 bits per heavy atom. The third kappa shape index (κ3) is 5.54. The van der Waals surface area contributed by atoms with Crippen LogP contribution in [0.4, 0.5) is 24.5 Å². The van der Waals surface area contributed by atoms with Crippen LogP contribution in [0.15, 0.2) is 87.1 Å². The molecule has 2 aliphatic heterocycles. The highest BCUT2D eigenvalue weighted by molar-refractivity contribution is 9.10. The van der Waals surface area contributed by atoms with Crippen LogP contribution in [0.25, 0.3) is 0 Å². The number of nitrogens with one attached hydrogen (secondary N) is 1. The molecule has 1 N–H and O–H groups in total. The number of carbonyl (C=O) groups is 3. The highest BCUT2D eigenvalue weighted by Crippen LogP contribution is 2.54. The van der Waals surface area contributed by atoms with Crippen molar-refractivity contribution in [2.75, 3.05) is 10.2 Å². The van der Waals surface area contributed by atoms with E-state index in [-0.39, 0.29) is 5.69 Å². The molecule has 14 heteroatoms. The van der Waals surface area contributed by atoms with Gasteiger partial charge in [0, 0.05) is 26.0 Å². The summed E-state index contributed by atoms with van der Waals surface area (Å²) in [6, 6.07) is 17.7. The van der Waals surface area contributed by atoms with Crippen LogP contribution in [0.3, 0.4) is 0 Å². The predicted octanol–water partition coefficient (Wildman–Crippen LogP) is 6.78. The van der Waals surface area contributed by atoms with E-state index in [1.165, 1.54) is 16.7 Å². The topological polar surface area (TPSA) is 88.5 Å². The van der Waals surface area contributed by atoms with Crippen LogP contribution in [0.5, 0.6) is 0 Å². The summed E-state index contributed by atoms with van der Waals surface area (Å²) >= 11 is 11.3. The Bertz CT molecular complexity index is 1830. The van der Waals surface area contributed by atoms with Gasteiger partial charge in [-0.25, -0.2) is 4.90 Å². The maximum atomic E-state index is 13.9. The molecule has 6 rings (SSSR count). The fourth-order valence-electron chi connectivity index (χ4n) is 5.25. The number of thioether (sulfide) groups is 1. The molecule has 1 saturated heterocycles. The average Bonchev–Trinajstić information content (AvgIpc) is 3.40. The molecule has 220 valence electrons. The van der Waals surface area contributed by atoms with Crippen molar-refractivity contribution in [3.05, 3.63) is 108 Å². The molecular weight excluding hydrogens is 691 g/mol. The number of thiazole rings is 1. The molecule has 3 amide bonds. The molecule has 0 radical (unpaired) electrons. The summed E-state index contributed by atoms with van der Waals surface area (Å²) < 4.78 is 41.4. The number of alkyl halides is 3. The number of halogens is 5. The zero-order valence-corrected chi connectivity index (χ0v) is 25.6. The van der Waals surface area contributed by atoms with Crippen molar-refractivity contribution in [1.29, 1.82) is 0 Å². The molecule has 4 aromatic rings. The molecule has 7 nitrogen and oxygen atoms in total. The van der Waals surface area contributed by atoms with Gasteiger partial charge in [0.15, 0.2) is 0 Å². The molecule has 1 fully saturated rings. The molecule has 3 atom stereocenters. The maximum absolute atomic E-state index is 13.9. The zero-order chi connectivity index (χ0) is 30.6. The van der Waals surface area contributed by atoms with Gasteiger partial charge in [0.2, 0.25) is 17.7 Å². The van der Waals surface area contributed by atoms with Gasteiger partial charge in [-0.15, -0.1) is 0 Å². The molecular formula is C29H18BrClF3N3O4S2. The van der Waals surface area contributed by atoms with Gasteiger partial charge in [-0.1, -0.05) is 68.8 Å². The van der Waals surface area contributed by atoms with E-state index in [0.717, 1.165) is 44.6 Å². The fraction of sp³-hybridized carbons (Fsp3) is 0.172. The Morgan fingerprint density at radius 1 is 0.977 bits per heavy atom. The second-order valence-electron chi connectivity index (χ2n) is 9.83. The van der Waals surface area contributed by atoms with Gasteiger partial charge in [-0.2, -0.15) is 13.2 Å². The van der Waals surface area contributed by atoms with Crippen LogP contribution in [0.1, 0.15) is 21.9 Å². The van der Waals surface area contributed by atoms with E-state index in [2.05, 4.69) is 21.2 Å². The predicted molar refractivity (Wildman–Crippen MR) is 162 cm³/mol. The van der Waals surface area contributed by atoms with Crippen LogP contribution in [-0.4, -0.2) is 27.5 Å². The van der Waals surface area contributed by atoms with E-state index >= 15 is 0 Å². The first kappa shape index (κ1) is 29.7. The smallest absolute Gasteiger partial charge is 0.325 e. The number of nitrogens with zero attached hydrogens (tertiary/aromatic N) is 2. The Balaban J connectivity index is 1.37. The Morgan fingerprint density at radius 3 is 2.35 bits per heavy atom. The standard InChI is InChI=1S/C29H18BrClF3N3O4S2/c30-16-6-4-14(5-7-16)21-22-23(26(40)37(25(22)39)19-10-8-17(31)9-11-19)42-27-24(21)43-28(41)36(27)13-20(38)35-18-3-1-2-15(12-18)29(32,33)34/h1-12,21-23H,13H2,(H,35,38). The minimum atomic E-state index is -4.59. The molecule has 3 unspecified atom stereocenters. The number of hydrogen-bond acceptors (Lipinski definition) is 6. The summed E-state index contributed by atoms with van der Waals surface area (Å²) in [5, 5.41) is 2.34. The lowest BCUT2D eigenvalue weighted by molar-refractivity contribution is -0.137. The minimum Gasteiger partial charge on any atom is -0.325 e. The first-order chi connectivity index (χ1) is 20.4. The van der Waals surface area contributed by atoms with E-state index in [1.807, 2.05) is 12.1 Å². The Labute approximate surface area is 263 Å². The number of imide groups is 1. The third-order valence-electron chi connectivity index (χ3n) is 7.14. The summed E-state index contributed by atoms with van der Waals surface area (Å²) in [5.41, 5.74) is 0.0717. The highest BCUT2D eigenvalue weighted by atomic mass is 79.9. The van der Waals surface area contributed by atoms with Crippen LogP contribution in [0, 0.1) is 5.92 Å². The SMILES string of the molecule is O=C(Cn1c2c(sc1=O)C(c1ccc(Br)cc1)C1C(=O)N(c3ccc(Cl)cc3)C(=O)C1S2)Nc1cccc(C(F)(F)F)c1. The van der Waals surface area contributed by atoms with E-state index in [1.54, 1.807) is 36.4 Å². The second kappa shape index (κ2) is 11.3. The second-order valence-corrected chi connectivity index (χ2v) is 13.3. The molecule has 2 aliphatic rings. The number of amides is 3. The van der Waals surface area contributed by atoms with Crippen LogP contribution in [-0.2, 0) is 27.1 Å². The van der Waals surface area contributed by atoms with Crippen molar-refractivity contribution < 1.29 is 27.6 Å². The number of carbonyl (C=O) groups excluding carboxylic acids is 3. The van der Waals surface area contributed by atoms with Gasteiger partial charge in [0.25, 0.3) is 0 Å². The lowest BCUT2D eigenvalue weighted by Crippen LogP contribution is -2.33. The molecule has 43 heavy (non-hydrogen) atoms. The fourth-order valence-corrected chi connectivity index (χ4v) is 8.41. The minimum absolute atomic E-state index is 0.0763. The summed E-state index contributed by atoms with van der Waals surface area (Å²) in [7, 11) is 0. The van der Waals surface area contributed by atoms with Crippen molar-refractivity contribution >= 4 is 79.7 Å². The molecule has 0 bridgehead atoms. The van der Waals surface area contributed by atoms with Crippen molar-refractivity contribution in [3.8, 4) is 0 Å². The highest BCUT2D eigenvalue weighted by Gasteiger charge is 2.56. The molecule has 3 heterocycles. The maximum Gasteiger partial charge on any atom is 0.416 e. The van der Waals surface area contributed by atoms with Crippen molar-refractivity contribution in [3.63, 3.8) is 0 Å². The normalized spacial score (nSPS) is 19.7. The lowest BCUT2D eigenvalue weighted by Gasteiger charge is -2.30. The van der Waals surface area contributed by atoms with Crippen molar-refractivity contribution in [2.24, 2.45) is 5.92 Å². The Kier molecular flexibility index (Phi) is 7.78. The lowest BCUT2D eigenvalue weighted by atomic mass is 9.83. The number of anilines is 2. The quantitative estimate of drug-likeness (QED) is 0.231. The molecule has 0 saturated carbocycles. The number of fused-ring (bicyclic) bond motifs is 2. The van der Waals surface area contributed by atoms with Gasteiger partial charge in [-0.05, 0) is 60.2 Å². The first-order valence-corrected chi connectivity index (χ1v) is 15.5. The third-order valence-corrected chi connectivity index (χ3v) is 10.5.